The minimum absolute atomic E-state index is 0.220. The van der Waals surface area contributed by atoms with Gasteiger partial charge in [-0.1, -0.05) is 25.5 Å². The molecule has 1 fully saturated rings. The van der Waals surface area contributed by atoms with E-state index >= 15 is 0 Å². The van der Waals surface area contributed by atoms with Crippen molar-refractivity contribution in [2.45, 2.75) is 27.7 Å². The smallest absolute Gasteiger partial charge is 0.338 e. The molecule has 1 aliphatic carbocycles. The van der Waals surface area contributed by atoms with Gasteiger partial charge in [0.1, 0.15) is 5.75 Å². The van der Waals surface area contributed by atoms with Gasteiger partial charge < -0.3 is 9.47 Å². The molecule has 0 radical (unpaired) electrons. The number of methoxy groups -OCH3 is 1. The van der Waals surface area contributed by atoms with Crippen LogP contribution >= 0.6 is 0 Å². The molecule has 0 saturated heterocycles. The van der Waals surface area contributed by atoms with Crippen LogP contribution in [0.3, 0.4) is 0 Å². The lowest BCUT2D eigenvalue weighted by molar-refractivity contribution is 0.0471. The van der Waals surface area contributed by atoms with Crippen LogP contribution in [0.4, 0.5) is 0 Å². The van der Waals surface area contributed by atoms with E-state index < -0.39 is 0 Å². The number of hydrogen-bond donors (Lipinski definition) is 0. The molecule has 0 spiro atoms. The Bertz CT molecular complexity index is 536. The first-order chi connectivity index (χ1) is 9.86. The minimum Gasteiger partial charge on any atom is -0.497 e. The number of benzene rings is 1. The van der Waals surface area contributed by atoms with Crippen molar-refractivity contribution in [2.24, 2.45) is 17.3 Å². The van der Waals surface area contributed by atoms with E-state index in [-0.39, 0.29) is 11.4 Å². The summed E-state index contributed by atoms with van der Waals surface area (Å²) < 4.78 is 10.5. The molecule has 1 aromatic carbocycles. The van der Waals surface area contributed by atoms with Crippen LogP contribution in [0.5, 0.6) is 5.75 Å². The maximum absolute atomic E-state index is 12.0. The highest BCUT2D eigenvalue weighted by Crippen LogP contribution is 2.59. The molecular formula is C18H24O3. The zero-order chi connectivity index (χ0) is 15.6. The molecule has 2 rings (SSSR count). The van der Waals surface area contributed by atoms with Gasteiger partial charge in [0.05, 0.1) is 19.3 Å². The van der Waals surface area contributed by atoms with Gasteiger partial charge in [0.15, 0.2) is 0 Å². The average Bonchev–Trinajstić information content (AvgIpc) is 2.95. The monoisotopic (exact) mass is 288 g/mol. The Morgan fingerprint density at radius 2 is 1.86 bits per heavy atom. The van der Waals surface area contributed by atoms with E-state index in [0.717, 1.165) is 5.75 Å². The van der Waals surface area contributed by atoms with Gasteiger partial charge in [-0.05, 0) is 49.4 Å². The van der Waals surface area contributed by atoms with Crippen molar-refractivity contribution >= 4 is 5.97 Å². The summed E-state index contributed by atoms with van der Waals surface area (Å²) in [6, 6.07) is 6.99. The van der Waals surface area contributed by atoms with E-state index in [2.05, 4.69) is 33.8 Å². The van der Waals surface area contributed by atoms with Crippen LogP contribution in [-0.2, 0) is 4.74 Å². The van der Waals surface area contributed by atoms with E-state index in [9.17, 15) is 4.79 Å². The number of carbonyl (C=O) groups excluding carboxylic acids is 1. The second kappa shape index (κ2) is 5.92. The number of hydrogen-bond acceptors (Lipinski definition) is 3. The van der Waals surface area contributed by atoms with Gasteiger partial charge in [0.2, 0.25) is 0 Å². The molecular weight excluding hydrogens is 264 g/mol. The molecule has 0 heterocycles. The number of rotatable bonds is 5. The van der Waals surface area contributed by atoms with Crippen LogP contribution in [0.1, 0.15) is 38.1 Å². The lowest BCUT2D eigenvalue weighted by Gasteiger charge is -2.06. The average molecular weight is 288 g/mol. The molecule has 1 saturated carbocycles. The third-order valence-electron chi connectivity index (χ3n) is 4.37. The summed E-state index contributed by atoms with van der Waals surface area (Å²) in [5.41, 5.74) is 2.10. The van der Waals surface area contributed by atoms with Crippen molar-refractivity contribution in [3.05, 3.63) is 41.5 Å². The number of carbonyl (C=O) groups is 1. The second-order valence-corrected chi connectivity index (χ2v) is 6.52. The van der Waals surface area contributed by atoms with Crippen molar-refractivity contribution < 1.29 is 14.3 Å². The van der Waals surface area contributed by atoms with Crippen LogP contribution < -0.4 is 4.74 Å². The van der Waals surface area contributed by atoms with Gasteiger partial charge in [-0.2, -0.15) is 0 Å². The minimum atomic E-state index is -0.267. The molecule has 3 nitrogen and oxygen atoms in total. The van der Waals surface area contributed by atoms with Crippen molar-refractivity contribution in [1.29, 1.82) is 0 Å². The van der Waals surface area contributed by atoms with Crippen LogP contribution in [0.25, 0.3) is 0 Å². The number of ether oxygens (including phenoxy) is 2. The van der Waals surface area contributed by atoms with Gasteiger partial charge >= 0.3 is 5.97 Å². The molecule has 1 aliphatic rings. The second-order valence-electron chi connectivity index (χ2n) is 6.52. The summed E-state index contributed by atoms with van der Waals surface area (Å²) >= 11 is 0. The van der Waals surface area contributed by atoms with Crippen LogP contribution in [0.2, 0.25) is 0 Å². The molecule has 3 heteroatoms. The van der Waals surface area contributed by atoms with Crippen LogP contribution in [-0.4, -0.2) is 19.7 Å². The third kappa shape index (κ3) is 3.46. The Morgan fingerprint density at radius 3 is 2.38 bits per heavy atom. The van der Waals surface area contributed by atoms with Crippen LogP contribution in [0, 0.1) is 17.3 Å². The molecule has 0 N–H and O–H groups in total. The Kier molecular flexibility index (Phi) is 4.40. The number of esters is 1. The fraction of sp³-hybridized carbons (Fsp3) is 0.500. The molecule has 114 valence electrons. The van der Waals surface area contributed by atoms with E-state index in [1.165, 1.54) is 5.57 Å². The normalized spacial score (nSPS) is 22.3. The van der Waals surface area contributed by atoms with Gasteiger partial charge in [0.25, 0.3) is 0 Å². The van der Waals surface area contributed by atoms with Gasteiger partial charge in [0, 0.05) is 5.92 Å². The Hall–Kier alpha value is -1.77. The highest BCUT2D eigenvalue weighted by molar-refractivity contribution is 5.89. The standard InChI is InChI=1S/C18H24O3/c1-12(2)10-15-16(18(15,3)4)11-21-17(19)13-6-8-14(20-5)9-7-13/h6-10,15-16H,11H2,1-5H3/t15-,16-/m0/s1. The Balaban J connectivity index is 1.91. The van der Waals surface area contributed by atoms with Crippen molar-refractivity contribution in [2.75, 3.05) is 13.7 Å². The van der Waals surface area contributed by atoms with E-state index in [0.29, 0.717) is 24.0 Å². The molecule has 0 unspecified atom stereocenters. The number of allylic oxidation sites excluding steroid dienone is 2. The molecule has 0 aliphatic heterocycles. The van der Waals surface area contributed by atoms with Crippen LogP contribution in [0.15, 0.2) is 35.9 Å². The summed E-state index contributed by atoms with van der Waals surface area (Å²) in [6.07, 6.45) is 2.28. The lowest BCUT2D eigenvalue weighted by atomic mass is 10.1. The van der Waals surface area contributed by atoms with Crippen molar-refractivity contribution in [1.82, 2.24) is 0 Å². The SMILES string of the molecule is COc1ccc(C(=O)OC[C@H]2[C@H](C=C(C)C)C2(C)C)cc1. The molecule has 0 amide bonds. The van der Waals surface area contributed by atoms with E-state index in [1.807, 2.05) is 0 Å². The summed E-state index contributed by atoms with van der Waals surface area (Å²) in [7, 11) is 1.60. The fourth-order valence-electron chi connectivity index (χ4n) is 2.77. The maximum atomic E-state index is 12.0. The zero-order valence-corrected chi connectivity index (χ0v) is 13.5. The Labute approximate surface area is 127 Å². The predicted molar refractivity (Wildman–Crippen MR) is 83.5 cm³/mol. The molecule has 21 heavy (non-hydrogen) atoms. The van der Waals surface area contributed by atoms with E-state index in [1.54, 1.807) is 31.4 Å². The first-order valence-electron chi connectivity index (χ1n) is 7.32. The maximum Gasteiger partial charge on any atom is 0.338 e. The van der Waals surface area contributed by atoms with Gasteiger partial charge in [-0.25, -0.2) is 4.79 Å². The van der Waals surface area contributed by atoms with Crippen molar-refractivity contribution in [3.63, 3.8) is 0 Å². The highest BCUT2D eigenvalue weighted by atomic mass is 16.5. The summed E-state index contributed by atoms with van der Waals surface area (Å²) in [4.78, 5) is 12.0. The summed E-state index contributed by atoms with van der Waals surface area (Å²) in [5, 5.41) is 0. The summed E-state index contributed by atoms with van der Waals surface area (Å²) in [6.45, 7) is 9.14. The van der Waals surface area contributed by atoms with Gasteiger partial charge in [-0.15, -0.1) is 0 Å². The van der Waals surface area contributed by atoms with E-state index in [4.69, 9.17) is 9.47 Å². The van der Waals surface area contributed by atoms with Gasteiger partial charge in [-0.3, -0.25) is 0 Å². The molecule has 2 atom stereocenters. The molecule has 0 aromatic heterocycles. The zero-order valence-electron chi connectivity index (χ0n) is 13.5. The highest BCUT2D eigenvalue weighted by Gasteiger charge is 2.56. The third-order valence-corrected chi connectivity index (χ3v) is 4.37. The lowest BCUT2D eigenvalue weighted by Crippen LogP contribution is -2.09. The fourth-order valence-corrected chi connectivity index (χ4v) is 2.77. The first kappa shape index (κ1) is 15.6. The van der Waals surface area contributed by atoms with Crippen molar-refractivity contribution in [3.8, 4) is 5.75 Å². The Morgan fingerprint density at radius 1 is 1.24 bits per heavy atom. The summed E-state index contributed by atoms with van der Waals surface area (Å²) in [5.74, 6) is 1.38. The topological polar surface area (TPSA) is 35.5 Å². The molecule has 1 aromatic rings. The molecule has 0 bridgehead atoms. The first-order valence-corrected chi connectivity index (χ1v) is 7.32. The quantitative estimate of drug-likeness (QED) is 0.604. The predicted octanol–water partition coefficient (Wildman–Crippen LogP) is 4.09. The largest absolute Gasteiger partial charge is 0.497 e.